The van der Waals surface area contributed by atoms with Crippen molar-refractivity contribution in [1.29, 1.82) is 0 Å². The molecule has 0 bridgehead atoms. The summed E-state index contributed by atoms with van der Waals surface area (Å²) in [6.07, 6.45) is 7.98. The van der Waals surface area contributed by atoms with E-state index < -0.39 is 0 Å². The first-order valence-electron chi connectivity index (χ1n) is 11.5. The van der Waals surface area contributed by atoms with E-state index in [0.717, 1.165) is 57.8 Å². The number of carbonyl (C=O) groups is 2. The normalized spacial score (nSPS) is 22.6. The van der Waals surface area contributed by atoms with Gasteiger partial charge in [-0.15, -0.1) is 0 Å². The van der Waals surface area contributed by atoms with Crippen molar-refractivity contribution >= 4 is 17.5 Å². The zero-order valence-electron chi connectivity index (χ0n) is 18.8. The molecule has 2 aliphatic rings. The van der Waals surface area contributed by atoms with Crippen molar-refractivity contribution < 1.29 is 14.3 Å². The second-order valence-electron chi connectivity index (χ2n) is 8.86. The maximum absolute atomic E-state index is 12.9. The second kappa shape index (κ2) is 10.8. The van der Waals surface area contributed by atoms with Crippen molar-refractivity contribution in [3.05, 3.63) is 23.8 Å². The van der Waals surface area contributed by atoms with Gasteiger partial charge in [-0.3, -0.25) is 9.59 Å². The molecule has 1 aromatic carbocycles. The monoisotopic (exact) mass is 415 g/mol. The van der Waals surface area contributed by atoms with Crippen LogP contribution < -0.4 is 10.1 Å². The van der Waals surface area contributed by atoms with E-state index in [1.165, 1.54) is 19.3 Å². The van der Waals surface area contributed by atoms with Crippen molar-refractivity contribution in [2.24, 2.45) is 11.8 Å². The fourth-order valence-electron chi connectivity index (χ4n) is 4.57. The van der Waals surface area contributed by atoms with Gasteiger partial charge in [0, 0.05) is 37.7 Å². The minimum atomic E-state index is 0.0117. The van der Waals surface area contributed by atoms with Crippen LogP contribution in [-0.2, 0) is 4.79 Å². The number of hydrogen-bond donors (Lipinski definition) is 1. The molecule has 2 fully saturated rings. The Morgan fingerprint density at radius 2 is 1.80 bits per heavy atom. The number of carbonyl (C=O) groups excluding carboxylic acids is 2. The minimum Gasteiger partial charge on any atom is -0.495 e. The van der Waals surface area contributed by atoms with Gasteiger partial charge in [-0.05, 0) is 56.8 Å². The van der Waals surface area contributed by atoms with Gasteiger partial charge in [-0.25, -0.2) is 0 Å². The lowest BCUT2D eigenvalue weighted by atomic mass is 9.79. The standard InChI is InChI=1S/C24H37N3O3/c1-4-5-6-18-7-9-19(10-8-18)23(28)25-21-17-20(11-12-22(21)30-3)24(29)27-15-13-26(2)14-16-27/h11-12,17-19H,4-10,13-16H2,1-3H3,(H,25,28). The lowest BCUT2D eigenvalue weighted by Gasteiger charge is -2.32. The van der Waals surface area contributed by atoms with Crippen LogP contribution in [0.15, 0.2) is 18.2 Å². The smallest absolute Gasteiger partial charge is 0.254 e. The molecule has 6 nitrogen and oxygen atoms in total. The molecule has 0 radical (unpaired) electrons. The molecule has 6 heteroatoms. The molecular formula is C24H37N3O3. The highest BCUT2D eigenvalue weighted by atomic mass is 16.5. The van der Waals surface area contributed by atoms with E-state index in [1.54, 1.807) is 25.3 Å². The molecule has 0 aromatic heterocycles. The molecule has 2 amide bonds. The van der Waals surface area contributed by atoms with Crippen LogP contribution in [0, 0.1) is 11.8 Å². The molecule has 1 aliphatic heterocycles. The first-order chi connectivity index (χ1) is 14.5. The molecule has 166 valence electrons. The van der Waals surface area contributed by atoms with Crippen LogP contribution in [-0.4, -0.2) is 62.0 Å². The lowest BCUT2D eigenvalue weighted by Crippen LogP contribution is -2.47. The van der Waals surface area contributed by atoms with Gasteiger partial charge >= 0.3 is 0 Å². The number of likely N-dealkylation sites (N-methyl/N-ethyl adjacent to an activating group) is 1. The van der Waals surface area contributed by atoms with E-state index in [1.807, 2.05) is 4.90 Å². The Kier molecular flexibility index (Phi) is 8.14. The van der Waals surface area contributed by atoms with Crippen LogP contribution in [0.5, 0.6) is 5.75 Å². The fraction of sp³-hybridized carbons (Fsp3) is 0.667. The predicted octanol–water partition coefficient (Wildman–Crippen LogP) is 4.02. The van der Waals surface area contributed by atoms with Crippen LogP contribution >= 0.6 is 0 Å². The van der Waals surface area contributed by atoms with Crippen LogP contribution in [0.1, 0.15) is 62.2 Å². The highest BCUT2D eigenvalue weighted by molar-refractivity contribution is 5.99. The number of benzene rings is 1. The third-order valence-corrected chi connectivity index (χ3v) is 6.68. The highest BCUT2D eigenvalue weighted by Gasteiger charge is 2.27. The molecule has 0 spiro atoms. The first-order valence-corrected chi connectivity index (χ1v) is 11.5. The number of nitrogens with one attached hydrogen (secondary N) is 1. The van der Waals surface area contributed by atoms with Crippen molar-refractivity contribution in [2.45, 2.75) is 51.9 Å². The predicted molar refractivity (Wildman–Crippen MR) is 120 cm³/mol. The van der Waals surface area contributed by atoms with E-state index >= 15 is 0 Å². The summed E-state index contributed by atoms with van der Waals surface area (Å²) in [6.45, 7) is 5.45. The van der Waals surface area contributed by atoms with E-state index in [4.69, 9.17) is 4.74 Å². The summed E-state index contributed by atoms with van der Waals surface area (Å²) < 4.78 is 5.44. The molecule has 1 N–H and O–H groups in total. The van der Waals surface area contributed by atoms with E-state index in [-0.39, 0.29) is 17.7 Å². The third-order valence-electron chi connectivity index (χ3n) is 6.68. The van der Waals surface area contributed by atoms with Crippen molar-refractivity contribution in [1.82, 2.24) is 9.80 Å². The maximum atomic E-state index is 12.9. The second-order valence-corrected chi connectivity index (χ2v) is 8.86. The minimum absolute atomic E-state index is 0.0117. The van der Waals surface area contributed by atoms with E-state index in [0.29, 0.717) is 17.0 Å². The number of nitrogens with zero attached hydrogens (tertiary/aromatic N) is 2. The number of rotatable bonds is 7. The molecule has 3 rings (SSSR count). The van der Waals surface area contributed by atoms with Crippen LogP contribution in [0.4, 0.5) is 5.69 Å². The van der Waals surface area contributed by atoms with Crippen molar-refractivity contribution in [3.8, 4) is 5.75 Å². The number of ether oxygens (including phenoxy) is 1. The summed E-state index contributed by atoms with van der Waals surface area (Å²) in [6, 6.07) is 5.33. The molecule has 1 aromatic rings. The van der Waals surface area contributed by atoms with Gasteiger partial charge in [0.15, 0.2) is 0 Å². The molecule has 1 saturated heterocycles. The number of hydrogen-bond acceptors (Lipinski definition) is 4. The van der Waals surface area contributed by atoms with Crippen LogP contribution in [0.2, 0.25) is 0 Å². The highest BCUT2D eigenvalue weighted by Crippen LogP contribution is 2.34. The average Bonchev–Trinajstić information content (AvgIpc) is 2.78. The summed E-state index contributed by atoms with van der Waals surface area (Å²) >= 11 is 0. The summed E-state index contributed by atoms with van der Waals surface area (Å²) in [5.74, 6) is 1.47. The third kappa shape index (κ3) is 5.75. The molecular weight excluding hydrogens is 378 g/mol. The van der Waals surface area contributed by atoms with Gasteiger partial charge in [0.25, 0.3) is 5.91 Å². The maximum Gasteiger partial charge on any atom is 0.254 e. The quantitative estimate of drug-likeness (QED) is 0.731. The van der Waals surface area contributed by atoms with Gasteiger partial charge in [-0.2, -0.15) is 0 Å². The van der Waals surface area contributed by atoms with Gasteiger partial charge in [-0.1, -0.05) is 26.2 Å². The average molecular weight is 416 g/mol. The molecule has 1 aliphatic carbocycles. The van der Waals surface area contributed by atoms with E-state index in [2.05, 4.69) is 24.2 Å². The summed E-state index contributed by atoms with van der Waals surface area (Å²) in [5.41, 5.74) is 1.19. The summed E-state index contributed by atoms with van der Waals surface area (Å²) in [7, 11) is 3.66. The first kappa shape index (κ1) is 22.6. The van der Waals surface area contributed by atoms with Gasteiger partial charge < -0.3 is 19.9 Å². The van der Waals surface area contributed by atoms with Crippen molar-refractivity contribution in [3.63, 3.8) is 0 Å². The largest absolute Gasteiger partial charge is 0.495 e. The molecule has 1 saturated carbocycles. The topological polar surface area (TPSA) is 61.9 Å². The number of methoxy groups -OCH3 is 1. The molecule has 30 heavy (non-hydrogen) atoms. The SMILES string of the molecule is CCCCC1CCC(C(=O)Nc2cc(C(=O)N3CCN(C)CC3)ccc2OC)CC1. The Hall–Kier alpha value is -2.08. The fourth-order valence-corrected chi connectivity index (χ4v) is 4.57. The summed E-state index contributed by atoms with van der Waals surface area (Å²) in [5, 5.41) is 3.05. The number of unbranched alkanes of at least 4 members (excludes halogenated alkanes) is 1. The zero-order valence-corrected chi connectivity index (χ0v) is 18.8. The Morgan fingerprint density at radius 1 is 1.10 bits per heavy atom. The van der Waals surface area contributed by atoms with E-state index in [9.17, 15) is 9.59 Å². The Labute approximate surface area is 180 Å². The Bertz CT molecular complexity index is 720. The number of amides is 2. The zero-order chi connectivity index (χ0) is 21.5. The number of anilines is 1. The van der Waals surface area contributed by atoms with Gasteiger partial charge in [0.2, 0.25) is 5.91 Å². The van der Waals surface area contributed by atoms with Crippen LogP contribution in [0.3, 0.4) is 0 Å². The molecule has 0 unspecified atom stereocenters. The lowest BCUT2D eigenvalue weighted by molar-refractivity contribution is -0.121. The Balaban J connectivity index is 1.63. The van der Waals surface area contributed by atoms with Crippen LogP contribution in [0.25, 0.3) is 0 Å². The van der Waals surface area contributed by atoms with Gasteiger partial charge in [0.1, 0.15) is 5.75 Å². The van der Waals surface area contributed by atoms with Gasteiger partial charge in [0.05, 0.1) is 12.8 Å². The molecule has 1 heterocycles. The van der Waals surface area contributed by atoms with Crippen molar-refractivity contribution in [2.75, 3.05) is 45.7 Å². The Morgan fingerprint density at radius 3 is 2.43 bits per heavy atom. The summed E-state index contributed by atoms with van der Waals surface area (Å²) in [4.78, 5) is 29.9. The molecule has 0 atom stereocenters. The number of piperazine rings is 1.